The van der Waals surface area contributed by atoms with Crippen LogP contribution in [0.5, 0.6) is 0 Å². The molecule has 5 aromatic carbocycles. The highest BCUT2D eigenvalue weighted by Gasteiger charge is 2.12. The minimum Gasteiger partial charge on any atom is -0.309 e. The third kappa shape index (κ3) is 3.10. The molecule has 0 bridgehead atoms. The van der Waals surface area contributed by atoms with Gasteiger partial charge in [0, 0.05) is 21.5 Å². The van der Waals surface area contributed by atoms with Crippen LogP contribution in [0.1, 0.15) is 0 Å². The van der Waals surface area contributed by atoms with Crippen molar-refractivity contribution in [2.75, 3.05) is 0 Å². The zero-order valence-electron chi connectivity index (χ0n) is 17.4. The van der Waals surface area contributed by atoms with Crippen LogP contribution in [0.15, 0.2) is 121 Å². The number of rotatable bonds is 3. The van der Waals surface area contributed by atoms with Crippen LogP contribution in [0.25, 0.3) is 49.7 Å². The number of hydrogen-bond donors (Lipinski definition) is 0. The first-order valence-electron chi connectivity index (χ1n) is 10.7. The lowest BCUT2D eigenvalue weighted by Crippen LogP contribution is -1.94. The second kappa shape index (κ2) is 7.71. The average molecular weight is 430 g/mol. The lowest BCUT2D eigenvalue weighted by atomic mass is 9.94. The minimum absolute atomic E-state index is 0.745. The van der Waals surface area contributed by atoms with Gasteiger partial charge in [-0.05, 0) is 58.7 Å². The van der Waals surface area contributed by atoms with E-state index in [9.17, 15) is 0 Å². The van der Waals surface area contributed by atoms with Crippen LogP contribution in [0.4, 0.5) is 0 Å². The van der Waals surface area contributed by atoms with E-state index < -0.39 is 0 Å². The van der Waals surface area contributed by atoms with Crippen LogP contribution in [0.2, 0.25) is 5.02 Å². The Labute approximate surface area is 192 Å². The summed E-state index contributed by atoms with van der Waals surface area (Å²) < 4.78 is 2.34. The van der Waals surface area contributed by atoms with E-state index in [1.54, 1.807) is 0 Å². The number of benzene rings is 5. The largest absolute Gasteiger partial charge is 0.309 e. The summed E-state index contributed by atoms with van der Waals surface area (Å²) in [5.41, 5.74) is 8.25. The molecule has 0 unspecified atom stereocenters. The summed E-state index contributed by atoms with van der Waals surface area (Å²) in [6.45, 7) is 0. The number of hydrogen-bond acceptors (Lipinski definition) is 0. The monoisotopic (exact) mass is 429 g/mol. The van der Waals surface area contributed by atoms with Crippen LogP contribution in [0.3, 0.4) is 0 Å². The Hall–Kier alpha value is -3.81. The van der Waals surface area contributed by atoms with Crippen molar-refractivity contribution in [2.24, 2.45) is 0 Å². The Morgan fingerprint density at radius 3 is 1.69 bits per heavy atom. The van der Waals surface area contributed by atoms with E-state index in [1.807, 2.05) is 18.2 Å². The lowest BCUT2D eigenvalue weighted by molar-refractivity contribution is 1.18. The van der Waals surface area contributed by atoms with E-state index in [2.05, 4.69) is 108 Å². The molecule has 0 radical (unpaired) electrons. The topological polar surface area (TPSA) is 4.93 Å². The number of aromatic nitrogens is 1. The van der Waals surface area contributed by atoms with E-state index in [0.717, 1.165) is 21.8 Å². The molecule has 0 saturated heterocycles. The Bertz CT molecular complexity index is 1510. The van der Waals surface area contributed by atoms with Crippen molar-refractivity contribution in [1.82, 2.24) is 4.57 Å². The smallest absolute Gasteiger partial charge is 0.0541 e. The first kappa shape index (κ1) is 18.9. The van der Waals surface area contributed by atoms with E-state index in [4.69, 9.17) is 11.6 Å². The molecule has 0 atom stereocenters. The summed E-state index contributed by atoms with van der Waals surface area (Å²) in [5, 5.41) is 3.29. The SMILES string of the molecule is Clc1ccc(-c2ccc(-n3c4ccccc4c4ccccc43)cc2)c(-c2ccccc2)c1. The third-order valence-corrected chi connectivity index (χ3v) is 6.32. The summed E-state index contributed by atoms with van der Waals surface area (Å²) in [7, 11) is 0. The van der Waals surface area contributed by atoms with Crippen molar-refractivity contribution in [1.29, 1.82) is 0 Å². The molecule has 0 aliphatic rings. The fourth-order valence-corrected chi connectivity index (χ4v) is 4.79. The summed E-state index contributed by atoms with van der Waals surface area (Å²) in [5.74, 6) is 0. The highest BCUT2D eigenvalue weighted by molar-refractivity contribution is 6.31. The molecule has 1 heterocycles. The number of nitrogens with zero attached hydrogens (tertiary/aromatic N) is 1. The normalized spacial score (nSPS) is 11.3. The van der Waals surface area contributed by atoms with Gasteiger partial charge in [-0.15, -0.1) is 0 Å². The predicted octanol–water partition coefficient (Wildman–Crippen LogP) is 8.77. The van der Waals surface area contributed by atoms with Crippen LogP contribution in [-0.4, -0.2) is 4.57 Å². The van der Waals surface area contributed by atoms with Gasteiger partial charge in [-0.2, -0.15) is 0 Å². The quantitative estimate of drug-likeness (QED) is 0.265. The standard InChI is InChI=1S/C30H20ClN/c31-23-16-19-25(28(20-23)21-8-2-1-3-9-21)22-14-17-24(18-15-22)32-29-12-6-4-10-26(29)27-11-5-7-13-30(27)32/h1-20H. The molecule has 6 aromatic rings. The molecular weight excluding hydrogens is 410 g/mol. The number of fused-ring (bicyclic) bond motifs is 3. The zero-order valence-corrected chi connectivity index (χ0v) is 18.1. The number of halogens is 1. The molecule has 6 rings (SSSR count). The van der Waals surface area contributed by atoms with Gasteiger partial charge in [0.15, 0.2) is 0 Å². The lowest BCUT2D eigenvalue weighted by Gasteiger charge is -2.13. The van der Waals surface area contributed by atoms with Gasteiger partial charge in [-0.25, -0.2) is 0 Å². The van der Waals surface area contributed by atoms with Crippen molar-refractivity contribution >= 4 is 33.4 Å². The van der Waals surface area contributed by atoms with Crippen LogP contribution >= 0.6 is 11.6 Å². The maximum Gasteiger partial charge on any atom is 0.0541 e. The fourth-order valence-electron chi connectivity index (χ4n) is 4.62. The van der Waals surface area contributed by atoms with Crippen molar-refractivity contribution in [3.8, 4) is 27.9 Å². The van der Waals surface area contributed by atoms with Crippen molar-refractivity contribution in [3.63, 3.8) is 0 Å². The highest BCUT2D eigenvalue weighted by Crippen LogP contribution is 2.36. The van der Waals surface area contributed by atoms with Gasteiger partial charge in [0.05, 0.1) is 11.0 Å². The average Bonchev–Trinajstić information content (AvgIpc) is 3.19. The molecule has 0 spiro atoms. The fraction of sp³-hybridized carbons (Fsp3) is 0. The molecule has 1 aromatic heterocycles. The first-order valence-corrected chi connectivity index (χ1v) is 11.1. The Kier molecular flexibility index (Phi) is 4.56. The molecular formula is C30H20ClN. The molecule has 0 aliphatic heterocycles. The van der Waals surface area contributed by atoms with Crippen LogP contribution < -0.4 is 0 Å². The van der Waals surface area contributed by atoms with Gasteiger partial charge in [0.25, 0.3) is 0 Å². The Morgan fingerprint density at radius 1 is 0.469 bits per heavy atom. The summed E-state index contributed by atoms with van der Waals surface area (Å²) in [6.07, 6.45) is 0. The highest BCUT2D eigenvalue weighted by atomic mass is 35.5. The molecule has 0 saturated carbocycles. The van der Waals surface area contributed by atoms with Crippen LogP contribution in [-0.2, 0) is 0 Å². The van der Waals surface area contributed by atoms with Gasteiger partial charge in [-0.1, -0.05) is 96.5 Å². The van der Waals surface area contributed by atoms with Gasteiger partial charge < -0.3 is 4.57 Å². The Morgan fingerprint density at radius 2 is 1.03 bits per heavy atom. The second-order valence-corrected chi connectivity index (χ2v) is 8.41. The molecule has 32 heavy (non-hydrogen) atoms. The minimum atomic E-state index is 0.745. The maximum absolute atomic E-state index is 6.35. The van der Waals surface area contributed by atoms with Gasteiger partial charge in [0.1, 0.15) is 0 Å². The third-order valence-electron chi connectivity index (χ3n) is 6.08. The zero-order chi connectivity index (χ0) is 21.5. The second-order valence-electron chi connectivity index (χ2n) is 7.97. The van der Waals surface area contributed by atoms with E-state index in [0.29, 0.717) is 0 Å². The molecule has 0 fully saturated rings. The number of para-hydroxylation sites is 2. The van der Waals surface area contributed by atoms with Gasteiger partial charge >= 0.3 is 0 Å². The molecule has 152 valence electrons. The molecule has 1 nitrogen and oxygen atoms in total. The molecule has 0 aliphatic carbocycles. The Balaban J connectivity index is 1.51. The maximum atomic E-state index is 6.35. The van der Waals surface area contributed by atoms with Crippen molar-refractivity contribution in [3.05, 3.63) is 126 Å². The predicted molar refractivity (Wildman–Crippen MR) is 137 cm³/mol. The van der Waals surface area contributed by atoms with Crippen LogP contribution in [0, 0.1) is 0 Å². The summed E-state index contributed by atoms with van der Waals surface area (Å²) in [4.78, 5) is 0. The first-order chi connectivity index (χ1) is 15.8. The van der Waals surface area contributed by atoms with Crippen molar-refractivity contribution in [2.45, 2.75) is 0 Å². The van der Waals surface area contributed by atoms with E-state index in [1.165, 1.54) is 32.9 Å². The van der Waals surface area contributed by atoms with Crippen molar-refractivity contribution < 1.29 is 0 Å². The summed E-state index contributed by atoms with van der Waals surface area (Å²) in [6, 6.07) is 42.5. The van der Waals surface area contributed by atoms with Gasteiger partial charge in [-0.3, -0.25) is 0 Å². The molecule has 2 heteroatoms. The van der Waals surface area contributed by atoms with E-state index >= 15 is 0 Å². The van der Waals surface area contributed by atoms with Gasteiger partial charge in [0.2, 0.25) is 0 Å². The molecule has 0 N–H and O–H groups in total. The molecule has 0 amide bonds. The summed E-state index contributed by atoms with van der Waals surface area (Å²) >= 11 is 6.35. The van der Waals surface area contributed by atoms with E-state index in [-0.39, 0.29) is 0 Å².